The first kappa shape index (κ1) is 20.3. The number of nitrogens with one attached hydrogen (secondary N) is 2. The van der Waals surface area contributed by atoms with Crippen molar-refractivity contribution in [3.8, 4) is 11.3 Å². The lowest BCUT2D eigenvalue weighted by molar-refractivity contribution is -0.370. The van der Waals surface area contributed by atoms with Crippen molar-refractivity contribution in [2.45, 2.75) is 45.4 Å². The van der Waals surface area contributed by atoms with Crippen LogP contribution >= 0.6 is 11.6 Å². The van der Waals surface area contributed by atoms with Crippen molar-refractivity contribution in [1.82, 2.24) is 5.32 Å². The van der Waals surface area contributed by atoms with Gasteiger partial charge in [-0.2, -0.15) is 4.98 Å². The summed E-state index contributed by atoms with van der Waals surface area (Å²) in [5, 5.41) is 12.5. The molecule has 0 aliphatic heterocycles. The Balaban J connectivity index is 1.78. The van der Waals surface area contributed by atoms with E-state index in [9.17, 15) is 14.7 Å². The second kappa shape index (κ2) is 9.20. The zero-order valence-electron chi connectivity index (χ0n) is 16.1. The van der Waals surface area contributed by atoms with Gasteiger partial charge in [0.05, 0.1) is 0 Å². The zero-order chi connectivity index (χ0) is 20.1. The molecule has 0 unspecified atom stereocenters. The summed E-state index contributed by atoms with van der Waals surface area (Å²) in [5.41, 5.74) is 2.75. The van der Waals surface area contributed by atoms with Gasteiger partial charge < -0.3 is 10.4 Å². The number of amides is 1. The van der Waals surface area contributed by atoms with Crippen LogP contribution in [0.25, 0.3) is 11.3 Å². The van der Waals surface area contributed by atoms with Gasteiger partial charge in [0.15, 0.2) is 0 Å². The lowest BCUT2D eigenvalue weighted by atomic mass is 9.99. The highest BCUT2D eigenvalue weighted by Crippen LogP contribution is 2.24. The Labute approximate surface area is 170 Å². The number of aryl methyl sites for hydroxylation is 1. The van der Waals surface area contributed by atoms with E-state index in [4.69, 9.17) is 11.6 Å². The largest absolute Gasteiger partial charge is 0.473 e. The fourth-order valence-electron chi connectivity index (χ4n) is 3.73. The number of H-pyrrole nitrogens is 1. The Morgan fingerprint density at radius 1 is 1.14 bits per heavy atom. The third-order valence-electron chi connectivity index (χ3n) is 5.43. The second-order valence-corrected chi connectivity index (χ2v) is 7.90. The van der Waals surface area contributed by atoms with Gasteiger partial charge in [-0.15, -0.1) is 0 Å². The smallest absolute Gasteiger partial charge is 0.402 e. The quantitative estimate of drug-likeness (QED) is 0.722. The molecular weight excluding hydrogens is 376 g/mol. The molecule has 6 heteroatoms. The number of carbonyl (C=O) groups excluding carboxylic acids is 1. The van der Waals surface area contributed by atoms with E-state index in [2.05, 4.69) is 10.3 Å². The average molecular weight is 402 g/mol. The van der Waals surface area contributed by atoms with E-state index in [1.807, 2.05) is 19.1 Å². The van der Waals surface area contributed by atoms with Gasteiger partial charge in [-0.25, -0.2) is 4.79 Å². The highest BCUT2D eigenvalue weighted by atomic mass is 35.5. The predicted molar refractivity (Wildman–Crippen MR) is 109 cm³/mol. The van der Waals surface area contributed by atoms with E-state index < -0.39 is 5.97 Å². The van der Waals surface area contributed by atoms with Crippen LogP contribution in [-0.2, 0) is 0 Å². The first-order chi connectivity index (χ1) is 13.5. The van der Waals surface area contributed by atoms with E-state index in [0.29, 0.717) is 23.7 Å². The molecule has 5 nitrogen and oxygen atoms in total. The van der Waals surface area contributed by atoms with E-state index >= 15 is 0 Å². The van der Waals surface area contributed by atoms with Gasteiger partial charge in [-0.3, -0.25) is 4.79 Å². The Hall–Kier alpha value is -2.40. The number of rotatable bonds is 5. The molecule has 1 fully saturated rings. The molecule has 0 bridgehead atoms. The summed E-state index contributed by atoms with van der Waals surface area (Å²) in [6, 6.07) is 8.79. The lowest BCUT2D eigenvalue weighted by Gasteiger charge is -2.15. The number of carboxylic acid groups (broad SMARTS) is 1. The Morgan fingerprint density at radius 3 is 2.54 bits per heavy atom. The summed E-state index contributed by atoms with van der Waals surface area (Å²) in [6.07, 6.45) is 7.43. The molecule has 2 aromatic rings. The summed E-state index contributed by atoms with van der Waals surface area (Å²) < 4.78 is 0. The van der Waals surface area contributed by atoms with Crippen molar-refractivity contribution in [3.05, 3.63) is 52.2 Å². The van der Waals surface area contributed by atoms with Gasteiger partial charge in [0.1, 0.15) is 5.02 Å². The van der Waals surface area contributed by atoms with Crippen LogP contribution in [0.2, 0.25) is 5.02 Å². The van der Waals surface area contributed by atoms with Gasteiger partial charge in [-0.1, -0.05) is 43.4 Å². The molecule has 28 heavy (non-hydrogen) atoms. The van der Waals surface area contributed by atoms with Crippen LogP contribution in [-0.4, -0.2) is 23.5 Å². The van der Waals surface area contributed by atoms with Gasteiger partial charge in [0, 0.05) is 23.7 Å². The number of aromatic carboxylic acids is 1. The molecule has 0 spiro atoms. The van der Waals surface area contributed by atoms with Gasteiger partial charge in [0.2, 0.25) is 5.69 Å². The van der Waals surface area contributed by atoms with Crippen LogP contribution in [0.15, 0.2) is 30.3 Å². The van der Waals surface area contributed by atoms with Crippen LogP contribution in [0.1, 0.15) is 64.9 Å². The van der Waals surface area contributed by atoms with Crippen molar-refractivity contribution in [2.24, 2.45) is 5.92 Å². The van der Waals surface area contributed by atoms with Crippen LogP contribution in [0.5, 0.6) is 0 Å². The highest BCUT2D eigenvalue weighted by molar-refractivity contribution is 6.32. The minimum absolute atomic E-state index is 0.0703. The van der Waals surface area contributed by atoms with Crippen LogP contribution in [0.3, 0.4) is 0 Å². The molecule has 1 saturated carbocycles. The molecular formula is C22H26ClN2O3+. The van der Waals surface area contributed by atoms with Crippen molar-refractivity contribution in [2.75, 3.05) is 6.54 Å². The molecule has 1 aromatic carbocycles. The third-order valence-corrected chi connectivity index (χ3v) is 5.74. The Bertz CT molecular complexity index is 874. The normalized spacial score (nSPS) is 15.1. The van der Waals surface area contributed by atoms with E-state index in [-0.39, 0.29) is 16.6 Å². The number of carboxylic acids is 1. The van der Waals surface area contributed by atoms with Crippen molar-refractivity contribution < 1.29 is 19.7 Å². The van der Waals surface area contributed by atoms with E-state index in [0.717, 1.165) is 11.1 Å². The Morgan fingerprint density at radius 2 is 1.86 bits per heavy atom. The monoisotopic (exact) mass is 401 g/mol. The molecule has 3 rings (SSSR count). The topological polar surface area (TPSA) is 80.5 Å². The second-order valence-electron chi connectivity index (χ2n) is 7.50. The fraction of sp³-hybridized carbons (Fsp3) is 0.409. The number of aromatic amines is 1. The minimum atomic E-state index is -1.12. The summed E-state index contributed by atoms with van der Waals surface area (Å²) >= 11 is 5.94. The summed E-state index contributed by atoms with van der Waals surface area (Å²) in [6.45, 7) is 2.61. The number of hydrogen-bond donors (Lipinski definition) is 2. The first-order valence-electron chi connectivity index (χ1n) is 9.80. The van der Waals surface area contributed by atoms with Crippen LogP contribution < -0.4 is 10.3 Å². The van der Waals surface area contributed by atoms with Crippen LogP contribution in [0.4, 0.5) is 0 Å². The molecule has 1 aliphatic rings. The number of pyridine rings is 1. The Kier molecular flexibility index (Phi) is 6.68. The standard InChI is InChI=1S/C22H25ClN2O3/c1-14-8-9-16(19-11-10-18(23)20(25-19)22(27)28)12-17(14)21(26)24-13-15-6-4-2-3-5-7-15/h8-12,15H,2-7,13H2,1H3,(H,24,26)(H,27,28)/p+1. The molecule has 1 aromatic heterocycles. The first-order valence-corrected chi connectivity index (χ1v) is 10.2. The average Bonchev–Trinajstić information content (AvgIpc) is 2.95. The van der Waals surface area contributed by atoms with Crippen LogP contribution in [0, 0.1) is 12.8 Å². The maximum atomic E-state index is 12.8. The predicted octanol–water partition coefficient (Wildman–Crippen LogP) is 4.53. The molecule has 3 N–H and O–H groups in total. The highest BCUT2D eigenvalue weighted by Gasteiger charge is 2.21. The molecule has 148 valence electrons. The van der Waals surface area contributed by atoms with Gasteiger partial charge >= 0.3 is 11.7 Å². The summed E-state index contributed by atoms with van der Waals surface area (Å²) in [4.78, 5) is 26.9. The van der Waals surface area contributed by atoms with Crippen molar-refractivity contribution in [1.29, 1.82) is 0 Å². The fourth-order valence-corrected chi connectivity index (χ4v) is 3.93. The van der Waals surface area contributed by atoms with E-state index in [1.54, 1.807) is 18.2 Å². The number of hydrogen-bond acceptors (Lipinski definition) is 2. The number of halogens is 1. The number of aromatic nitrogens is 1. The van der Waals surface area contributed by atoms with Crippen molar-refractivity contribution in [3.63, 3.8) is 0 Å². The molecule has 1 amide bonds. The zero-order valence-corrected chi connectivity index (χ0v) is 16.8. The van der Waals surface area contributed by atoms with Gasteiger partial charge in [0.25, 0.3) is 5.91 Å². The number of benzene rings is 1. The molecule has 1 heterocycles. The number of carbonyl (C=O) groups is 2. The SMILES string of the molecule is Cc1ccc(-c2ccc(Cl)c(C(=O)O)[nH+]2)cc1C(=O)NCC1CCCCCC1. The molecule has 0 saturated heterocycles. The molecule has 0 atom stereocenters. The molecule has 0 radical (unpaired) electrons. The summed E-state index contributed by atoms with van der Waals surface area (Å²) in [5.74, 6) is -0.658. The third kappa shape index (κ3) is 4.90. The van der Waals surface area contributed by atoms with E-state index in [1.165, 1.54) is 38.5 Å². The molecule has 1 aliphatic carbocycles. The lowest BCUT2D eigenvalue weighted by Crippen LogP contribution is -2.29. The van der Waals surface area contributed by atoms with Crippen molar-refractivity contribution >= 4 is 23.5 Å². The summed E-state index contributed by atoms with van der Waals surface area (Å²) in [7, 11) is 0. The maximum absolute atomic E-state index is 12.8. The van der Waals surface area contributed by atoms with Gasteiger partial charge in [-0.05, 0) is 49.4 Å². The minimum Gasteiger partial charge on any atom is -0.473 e. The maximum Gasteiger partial charge on any atom is 0.402 e.